The van der Waals surface area contributed by atoms with E-state index in [-0.39, 0.29) is 11.8 Å². The second kappa shape index (κ2) is 7.29. The molecule has 1 fully saturated rings. The summed E-state index contributed by atoms with van der Waals surface area (Å²) in [5.74, 6) is 0.684. The van der Waals surface area contributed by atoms with Crippen LogP contribution in [0.15, 0.2) is 60.8 Å². The minimum atomic E-state index is -3.49. The van der Waals surface area contributed by atoms with Gasteiger partial charge in [-0.3, -0.25) is 4.98 Å². The Bertz CT molecular complexity index is 1060. The smallest absolute Gasteiger partial charge is 0.218 e. The number of para-hydroxylation sites is 2. The molecule has 140 valence electrons. The van der Waals surface area contributed by atoms with E-state index in [0.717, 1.165) is 40.6 Å². The molecule has 27 heavy (non-hydrogen) atoms. The molecule has 0 bridgehead atoms. The average molecular weight is 382 g/mol. The number of aromatic nitrogens is 1. The molecule has 3 aromatic rings. The lowest BCUT2D eigenvalue weighted by Gasteiger charge is -2.26. The molecule has 0 aliphatic carbocycles. The molecule has 4 rings (SSSR count). The fraction of sp³-hybridized carbons (Fsp3) is 0.286. The Morgan fingerprint density at radius 3 is 2.78 bits per heavy atom. The van der Waals surface area contributed by atoms with Crippen LogP contribution >= 0.6 is 0 Å². The van der Waals surface area contributed by atoms with Gasteiger partial charge in [-0.1, -0.05) is 42.5 Å². The van der Waals surface area contributed by atoms with Crippen LogP contribution in [-0.4, -0.2) is 31.4 Å². The van der Waals surface area contributed by atoms with Crippen LogP contribution in [0.3, 0.4) is 0 Å². The lowest BCUT2D eigenvalue weighted by Crippen LogP contribution is -2.32. The van der Waals surface area contributed by atoms with Crippen molar-refractivity contribution in [1.29, 1.82) is 0 Å². The number of rotatable bonds is 5. The Hall–Kier alpha value is -2.44. The van der Waals surface area contributed by atoms with E-state index in [1.165, 1.54) is 0 Å². The number of methoxy groups -OCH3 is 1. The highest BCUT2D eigenvalue weighted by atomic mass is 32.2. The van der Waals surface area contributed by atoms with E-state index in [1.54, 1.807) is 17.6 Å². The molecule has 0 saturated carbocycles. The van der Waals surface area contributed by atoms with E-state index in [4.69, 9.17) is 4.74 Å². The van der Waals surface area contributed by atoms with Crippen molar-refractivity contribution in [3.63, 3.8) is 0 Å². The maximum atomic E-state index is 13.3. The monoisotopic (exact) mass is 382 g/mol. The first-order valence-corrected chi connectivity index (χ1v) is 10.7. The molecule has 1 unspecified atom stereocenters. The van der Waals surface area contributed by atoms with Gasteiger partial charge in [0.05, 0.1) is 24.4 Å². The minimum absolute atomic E-state index is 0.0486. The molecular weight excluding hydrogens is 360 g/mol. The first kappa shape index (κ1) is 17.9. The van der Waals surface area contributed by atoms with Crippen LogP contribution in [0, 0.1) is 0 Å². The lowest BCUT2D eigenvalue weighted by atomic mass is 10.0. The molecule has 1 aliphatic rings. The van der Waals surface area contributed by atoms with Crippen LogP contribution in [0.25, 0.3) is 10.9 Å². The van der Waals surface area contributed by atoms with Crippen LogP contribution in [-0.2, 0) is 15.8 Å². The topological polar surface area (TPSA) is 59.5 Å². The van der Waals surface area contributed by atoms with E-state index in [2.05, 4.69) is 4.98 Å². The third-order valence-corrected chi connectivity index (χ3v) is 6.94. The highest BCUT2D eigenvalue weighted by molar-refractivity contribution is 7.88. The van der Waals surface area contributed by atoms with Crippen molar-refractivity contribution >= 4 is 20.9 Å². The van der Waals surface area contributed by atoms with Gasteiger partial charge >= 0.3 is 0 Å². The van der Waals surface area contributed by atoms with Crippen molar-refractivity contribution < 1.29 is 13.2 Å². The summed E-state index contributed by atoms with van der Waals surface area (Å²) in [6, 6.07) is 17.0. The number of hydrogen-bond acceptors (Lipinski definition) is 4. The number of nitrogens with zero attached hydrogens (tertiary/aromatic N) is 2. The summed E-state index contributed by atoms with van der Waals surface area (Å²) in [7, 11) is -1.87. The molecular formula is C21H22N2O3S. The molecule has 1 aliphatic heterocycles. The van der Waals surface area contributed by atoms with Crippen LogP contribution in [0.2, 0.25) is 0 Å². The Morgan fingerprint density at radius 1 is 1.11 bits per heavy atom. The van der Waals surface area contributed by atoms with Gasteiger partial charge in [0.25, 0.3) is 0 Å². The first-order chi connectivity index (χ1) is 13.1. The molecule has 0 radical (unpaired) electrons. The third-order valence-electron chi connectivity index (χ3n) is 5.11. The zero-order valence-corrected chi connectivity index (χ0v) is 16.0. The van der Waals surface area contributed by atoms with Gasteiger partial charge in [-0.05, 0) is 30.5 Å². The maximum absolute atomic E-state index is 13.3. The second-order valence-corrected chi connectivity index (χ2v) is 8.68. The predicted octanol–water partition coefficient (Wildman–Crippen LogP) is 3.91. The van der Waals surface area contributed by atoms with Gasteiger partial charge in [0, 0.05) is 23.7 Å². The van der Waals surface area contributed by atoms with Crippen LogP contribution in [0.1, 0.15) is 30.0 Å². The summed E-state index contributed by atoms with van der Waals surface area (Å²) >= 11 is 0. The Balaban J connectivity index is 1.68. The van der Waals surface area contributed by atoms with E-state index in [1.807, 2.05) is 54.6 Å². The van der Waals surface area contributed by atoms with E-state index in [9.17, 15) is 8.42 Å². The molecule has 1 atom stereocenters. The van der Waals surface area contributed by atoms with Crippen LogP contribution in [0.5, 0.6) is 5.75 Å². The average Bonchev–Trinajstić information content (AvgIpc) is 3.19. The number of pyridine rings is 1. The summed E-state index contributed by atoms with van der Waals surface area (Å²) < 4.78 is 33.7. The van der Waals surface area contributed by atoms with E-state index in [0.29, 0.717) is 6.54 Å². The van der Waals surface area contributed by atoms with Crippen molar-refractivity contribution in [3.05, 3.63) is 71.9 Å². The SMILES string of the molecule is COc1ccccc1C1CCCN1S(=O)(=O)Cc1cccc2cccnc12. The van der Waals surface area contributed by atoms with E-state index >= 15 is 0 Å². The summed E-state index contributed by atoms with van der Waals surface area (Å²) in [6.45, 7) is 0.531. The quantitative estimate of drug-likeness (QED) is 0.671. The standard InChI is InChI=1S/C21H22N2O3S/c1-26-20-12-3-2-10-18(20)19-11-6-14-23(19)27(24,25)15-17-8-4-7-16-9-5-13-22-21(16)17/h2-5,7-10,12-13,19H,6,11,14-15H2,1H3. The zero-order chi connectivity index (χ0) is 18.9. The van der Waals surface area contributed by atoms with E-state index < -0.39 is 10.0 Å². The highest BCUT2D eigenvalue weighted by Crippen LogP contribution is 2.39. The molecule has 2 aromatic carbocycles. The van der Waals surface area contributed by atoms with Crippen molar-refractivity contribution in [1.82, 2.24) is 9.29 Å². The number of hydrogen-bond donors (Lipinski definition) is 0. The molecule has 0 spiro atoms. The van der Waals surface area contributed by atoms with Gasteiger partial charge in [0.15, 0.2) is 0 Å². The van der Waals surface area contributed by atoms with Gasteiger partial charge in [-0.25, -0.2) is 8.42 Å². The predicted molar refractivity (Wildman–Crippen MR) is 106 cm³/mol. The summed E-state index contributed by atoms with van der Waals surface area (Å²) in [6.07, 6.45) is 3.34. The van der Waals surface area contributed by atoms with Crippen molar-refractivity contribution in [3.8, 4) is 5.75 Å². The largest absolute Gasteiger partial charge is 0.496 e. The number of fused-ring (bicyclic) bond motifs is 1. The molecule has 5 nitrogen and oxygen atoms in total. The number of benzene rings is 2. The molecule has 6 heteroatoms. The normalized spacial score (nSPS) is 18.0. The third kappa shape index (κ3) is 3.42. The Morgan fingerprint density at radius 2 is 1.93 bits per heavy atom. The summed E-state index contributed by atoms with van der Waals surface area (Å²) in [5.41, 5.74) is 2.41. The molecule has 0 N–H and O–H groups in total. The van der Waals surface area contributed by atoms with Gasteiger partial charge in [-0.2, -0.15) is 4.31 Å². The fourth-order valence-electron chi connectivity index (χ4n) is 3.89. The summed E-state index contributed by atoms with van der Waals surface area (Å²) in [5, 5.41) is 0.952. The fourth-order valence-corrected chi connectivity index (χ4v) is 5.69. The van der Waals surface area contributed by atoms with Gasteiger partial charge in [0.2, 0.25) is 10.0 Å². The Labute approximate surface area is 159 Å². The maximum Gasteiger partial charge on any atom is 0.218 e. The molecule has 0 amide bonds. The van der Waals surface area contributed by atoms with Gasteiger partial charge in [-0.15, -0.1) is 0 Å². The van der Waals surface area contributed by atoms with Crippen LogP contribution < -0.4 is 4.74 Å². The summed E-state index contributed by atoms with van der Waals surface area (Å²) in [4.78, 5) is 4.39. The zero-order valence-electron chi connectivity index (χ0n) is 15.2. The second-order valence-electron chi connectivity index (χ2n) is 6.76. The molecule has 1 saturated heterocycles. The van der Waals surface area contributed by atoms with Gasteiger partial charge in [0.1, 0.15) is 5.75 Å². The molecule has 2 heterocycles. The Kier molecular flexibility index (Phi) is 4.85. The highest BCUT2D eigenvalue weighted by Gasteiger charge is 2.36. The van der Waals surface area contributed by atoms with Gasteiger partial charge < -0.3 is 4.74 Å². The first-order valence-electron chi connectivity index (χ1n) is 9.05. The van der Waals surface area contributed by atoms with Crippen LogP contribution in [0.4, 0.5) is 0 Å². The van der Waals surface area contributed by atoms with Crippen molar-refractivity contribution in [2.75, 3.05) is 13.7 Å². The number of sulfonamides is 1. The molecule has 1 aromatic heterocycles. The minimum Gasteiger partial charge on any atom is -0.496 e. The lowest BCUT2D eigenvalue weighted by molar-refractivity contribution is 0.366. The van der Waals surface area contributed by atoms with Crippen molar-refractivity contribution in [2.45, 2.75) is 24.6 Å². The van der Waals surface area contributed by atoms with Crippen molar-refractivity contribution in [2.24, 2.45) is 0 Å². The number of ether oxygens (including phenoxy) is 1.